The van der Waals surface area contributed by atoms with Gasteiger partial charge in [0, 0.05) is 6.61 Å². The number of benzene rings is 1. The lowest BCUT2D eigenvalue weighted by Crippen LogP contribution is -2.12. The van der Waals surface area contributed by atoms with E-state index < -0.39 is 0 Å². The minimum atomic E-state index is -0.213. The fraction of sp³-hybridized carbons (Fsp3) is 0.533. The molecule has 100 valence electrons. The molecule has 0 heterocycles. The van der Waals surface area contributed by atoms with E-state index in [9.17, 15) is 4.79 Å². The van der Waals surface area contributed by atoms with Crippen LogP contribution < -0.4 is 0 Å². The van der Waals surface area contributed by atoms with Crippen molar-refractivity contribution >= 4 is 5.97 Å². The van der Waals surface area contributed by atoms with Crippen LogP contribution in [0.5, 0.6) is 0 Å². The number of rotatable bonds is 7. The van der Waals surface area contributed by atoms with Crippen LogP contribution in [0.1, 0.15) is 38.9 Å². The van der Waals surface area contributed by atoms with Crippen LogP contribution in [0.2, 0.25) is 0 Å². The number of ether oxygens (including phenoxy) is 2. The molecule has 0 aromatic heterocycles. The van der Waals surface area contributed by atoms with Gasteiger partial charge in [-0.3, -0.25) is 4.79 Å². The highest BCUT2D eigenvalue weighted by Gasteiger charge is 2.11. The van der Waals surface area contributed by atoms with Crippen molar-refractivity contribution < 1.29 is 14.3 Å². The summed E-state index contributed by atoms with van der Waals surface area (Å²) in [6, 6.07) is 9.72. The molecule has 1 atom stereocenters. The quantitative estimate of drug-likeness (QED) is 0.550. The van der Waals surface area contributed by atoms with Gasteiger partial charge in [0.1, 0.15) is 6.10 Å². The molecule has 1 aromatic carbocycles. The molecule has 0 radical (unpaired) electrons. The van der Waals surface area contributed by atoms with Crippen molar-refractivity contribution in [3.8, 4) is 0 Å². The van der Waals surface area contributed by atoms with Crippen LogP contribution in [-0.2, 0) is 14.3 Å². The fourth-order valence-electron chi connectivity index (χ4n) is 1.52. The van der Waals surface area contributed by atoms with Crippen LogP contribution in [0.3, 0.4) is 0 Å². The molecule has 3 nitrogen and oxygen atoms in total. The van der Waals surface area contributed by atoms with Gasteiger partial charge < -0.3 is 9.47 Å². The Morgan fingerprint density at radius 1 is 1.17 bits per heavy atom. The van der Waals surface area contributed by atoms with Crippen LogP contribution >= 0.6 is 0 Å². The Labute approximate surface area is 109 Å². The second-order valence-electron chi connectivity index (χ2n) is 4.76. The molecule has 1 rings (SSSR count). The zero-order valence-corrected chi connectivity index (χ0v) is 11.4. The van der Waals surface area contributed by atoms with Crippen molar-refractivity contribution in [3.05, 3.63) is 35.9 Å². The van der Waals surface area contributed by atoms with Crippen LogP contribution in [-0.4, -0.2) is 19.2 Å². The Kier molecular flexibility index (Phi) is 6.44. The van der Waals surface area contributed by atoms with Gasteiger partial charge >= 0.3 is 5.97 Å². The monoisotopic (exact) mass is 250 g/mol. The Balaban J connectivity index is 2.24. The zero-order valence-electron chi connectivity index (χ0n) is 11.4. The summed E-state index contributed by atoms with van der Waals surface area (Å²) in [4.78, 5) is 11.6. The minimum absolute atomic E-state index is 0.205. The van der Waals surface area contributed by atoms with Gasteiger partial charge in [-0.15, -0.1) is 0 Å². The van der Waals surface area contributed by atoms with Crippen molar-refractivity contribution in [1.82, 2.24) is 0 Å². The van der Waals surface area contributed by atoms with Crippen LogP contribution in [0.15, 0.2) is 30.3 Å². The first-order valence-corrected chi connectivity index (χ1v) is 6.41. The van der Waals surface area contributed by atoms with Crippen LogP contribution in [0, 0.1) is 5.92 Å². The Morgan fingerprint density at radius 2 is 1.83 bits per heavy atom. The van der Waals surface area contributed by atoms with Gasteiger partial charge in [-0.25, -0.2) is 0 Å². The van der Waals surface area contributed by atoms with Crippen molar-refractivity contribution in [1.29, 1.82) is 0 Å². The first kappa shape index (κ1) is 14.7. The molecule has 0 aliphatic heterocycles. The fourth-order valence-corrected chi connectivity index (χ4v) is 1.52. The summed E-state index contributed by atoms with van der Waals surface area (Å²) in [5.74, 6) is 0.277. The third-order valence-corrected chi connectivity index (χ3v) is 2.48. The van der Waals surface area contributed by atoms with E-state index in [2.05, 4.69) is 13.8 Å². The highest BCUT2D eigenvalue weighted by molar-refractivity contribution is 5.69. The number of hydrogen-bond acceptors (Lipinski definition) is 3. The molecule has 0 aliphatic carbocycles. The molecule has 0 spiro atoms. The van der Waals surface area contributed by atoms with E-state index in [1.165, 1.54) is 0 Å². The van der Waals surface area contributed by atoms with Gasteiger partial charge in [0.05, 0.1) is 13.0 Å². The lowest BCUT2D eigenvalue weighted by atomic mass is 10.1. The van der Waals surface area contributed by atoms with Crippen LogP contribution in [0.4, 0.5) is 0 Å². The van der Waals surface area contributed by atoms with Gasteiger partial charge in [-0.2, -0.15) is 0 Å². The summed E-state index contributed by atoms with van der Waals surface area (Å²) in [5.41, 5.74) is 1.01. The van der Waals surface area contributed by atoms with Gasteiger partial charge in [0.2, 0.25) is 0 Å². The topological polar surface area (TPSA) is 35.5 Å². The van der Waals surface area contributed by atoms with Gasteiger partial charge in [-0.05, 0) is 18.4 Å². The summed E-state index contributed by atoms with van der Waals surface area (Å²) in [7, 11) is 0. The zero-order chi connectivity index (χ0) is 13.4. The summed E-state index contributed by atoms with van der Waals surface area (Å²) >= 11 is 0. The number of carbonyl (C=O) groups is 1. The number of hydrogen-bond donors (Lipinski definition) is 0. The summed E-state index contributed by atoms with van der Waals surface area (Å²) < 4.78 is 10.7. The maximum atomic E-state index is 11.6. The van der Waals surface area contributed by atoms with Gasteiger partial charge in [-0.1, -0.05) is 44.2 Å². The standard InChI is InChI=1S/C15H22O3/c1-12(2)11-17-10-9-15(16)18-13(3)14-7-5-4-6-8-14/h4-8,12-13H,9-11H2,1-3H3. The van der Waals surface area contributed by atoms with E-state index in [4.69, 9.17) is 9.47 Å². The molecule has 0 saturated heterocycles. The third-order valence-electron chi connectivity index (χ3n) is 2.48. The predicted octanol–water partition coefficient (Wildman–Crippen LogP) is 3.35. The molecule has 1 unspecified atom stereocenters. The van der Waals surface area contributed by atoms with E-state index in [1.54, 1.807) is 0 Å². The largest absolute Gasteiger partial charge is 0.458 e. The van der Waals surface area contributed by atoms with Crippen molar-refractivity contribution in [3.63, 3.8) is 0 Å². The van der Waals surface area contributed by atoms with E-state index in [0.29, 0.717) is 25.6 Å². The molecule has 0 amide bonds. The van der Waals surface area contributed by atoms with Gasteiger partial charge in [0.15, 0.2) is 0 Å². The summed E-state index contributed by atoms with van der Waals surface area (Å²) in [5, 5.41) is 0. The van der Waals surface area contributed by atoms with E-state index in [0.717, 1.165) is 5.56 Å². The normalized spacial score (nSPS) is 12.4. The third kappa shape index (κ3) is 5.82. The smallest absolute Gasteiger partial charge is 0.308 e. The van der Waals surface area contributed by atoms with E-state index in [-0.39, 0.29) is 12.1 Å². The average molecular weight is 250 g/mol. The molecule has 18 heavy (non-hydrogen) atoms. The Hall–Kier alpha value is -1.35. The molecule has 0 N–H and O–H groups in total. The maximum absolute atomic E-state index is 11.6. The van der Waals surface area contributed by atoms with Crippen LogP contribution in [0.25, 0.3) is 0 Å². The lowest BCUT2D eigenvalue weighted by molar-refractivity contribution is -0.149. The van der Waals surface area contributed by atoms with Gasteiger partial charge in [0.25, 0.3) is 0 Å². The van der Waals surface area contributed by atoms with E-state index in [1.807, 2.05) is 37.3 Å². The minimum Gasteiger partial charge on any atom is -0.458 e. The molecular formula is C15H22O3. The Morgan fingerprint density at radius 3 is 2.44 bits per heavy atom. The second kappa shape index (κ2) is 7.88. The SMILES string of the molecule is CC(C)COCCC(=O)OC(C)c1ccccc1. The summed E-state index contributed by atoms with van der Waals surface area (Å²) in [6.45, 7) is 7.15. The molecular weight excluding hydrogens is 228 g/mol. The maximum Gasteiger partial charge on any atom is 0.308 e. The molecule has 0 bridgehead atoms. The molecule has 0 aliphatic rings. The molecule has 0 saturated carbocycles. The predicted molar refractivity (Wildman–Crippen MR) is 71.2 cm³/mol. The lowest BCUT2D eigenvalue weighted by Gasteiger charge is -2.13. The van der Waals surface area contributed by atoms with Crippen molar-refractivity contribution in [2.75, 3.05) is 13.2 Å². The molecule has 1 aromatic rings. The Bertz CT molecular complexity index is 346. The van der Waals surface area contributed by atoms with Crippen molar-refractivity contribution in [2.24, 2.45) is 5.92 Å². The van der Waals surface area contributed by atoms with Crippen molar-refractivity contribution in [2.45, 2.75) is 33.3 Å². The molecule has 3 heteroatoms. The van der Waals surface area contributed by atoms with E-state index >= 15 is 0 Å². The first-order chi connectivity index (χ1) is 8.59. The molecule has 0 fully saturated rings. The average Bonchev–Trinajstić information content (AvgIpc) is 2.35. The number of esters is 1. The second-order valence-corrected chi connectivity index (χ2v) is 4.76. The summed E-state index contributed by atoms with van der Waals surface area (Å²) in [6.07, 6.45) is 0.105. The first-order valence-electron chi connectivity index (χ1n) is 6.41. The number of carbonyl (C=O) groups excluding carboxylic acids is 1. The highest BCUT2D eigenvalue weighted by Crippen LogP contribution is 2.16. The highest BCUT2D eigenvalue weighted by atomic mass is 16.5.